The molecule has 1 aromatic heterocycles. The van der Waals surface area contributed by atoms with Gasteiger partial charge in [-0.1, -0.05) is 36.4 Å². The van der Waals surface area contributed by atoms with Crippen LogP contribution < -0.4 is 0 Å². The van der Waals surface area contributed by atoms with Gasteiger partial charge in [-0.3, -0.25) is 9.89 Å². The Balaban J connectivity index is 1.66. The molecule has 0 aliphatic carbocycles. The molecular formula is C16H13FN2O2. The predicted molar refractivity (Wildman–Crippen MR) is 76.0 cm³/mol. The Morgan fingerprint density at radius 1 is 1.14 bits per heavy atom. The van der Waals surface area contributed by atoms with Crippen LogP contribution >= 0.6 is 0 Å². The van der Waals surface area contributed by atoms with E-state index in [0.29, 0.717) is 11.3 Å². The van der Waals surface area contributed by atoms with E-state index in [9.17, 15) is 9.18 Å². The summed E-state index contributed by atoms with van der Waals surface area (Å²) in [5.74, 6) is -0.801. The molecule has 0 unspecified atom stereocenters. The van der Waals surface area contributed by atoms with Crippen molar-refractivity contribution >= 4 is 16.9 Å². The maximum atomic E-state index is 13.4. The summed E-state index contributed by atoms with van der Waals surface area (Å²) in [5, 5.41) is 7.83. The van der Waals surface area contributed by atoms with Crippen molar-refractivity contribution in [3.63, 3.8) is 0 Å². The Morgan fingerprint density at radius 3 is 2.76 bits per heavy atom. The highest BCUT2D eigenvalue weighted by molar-refractivity contribution is 5.85. The Kier molecular flexibility index (Phi) is 3.64. The first-order valence-corrected chi connectivity index (χ1v) is 6.55. The van der Waals surface area contributed by atoms with Crippen LogP contribution in [0.15, 0.2) is 48.5 Å². The van der Waals surface area contributed by atoms with Gasteiger partial charge in [0, 0.05) is 10.9 Å². The molecule has 5 heteroatoms. The third-order valence-corrected chi connectivity index (χ3v) is 3.21. The summed E-state index contributed by atoms with van der Waals surface area (Å²) in [5.41, 5.74) is 1.86. The van der Waals surface area contributed by atoms with Crippen LogP contribution in [0.2, 0.25) is 0 Å². The zero-order valence-corrected chi connectivity index (χ0v) is 11.2. The lowest BCUT2D eigenvalue weighted by Gasteiger charge is -2.05. The molecule has 0 saturated heterocycles. The van der Waals surface area contributed by atoms with Crippen LogP contribution in [0.4, 0.5) is 4.39 Å². The van der Waals surface area contributed by atoms with Crippen molar-refractivity contribution in [2.45, 2.75) is 13.0 Å². The van der Waals surface area contributed by atoms with Gasteiger partial charge in [0.2, 0.25) is 0 Å². The van der Waals surface area contributed by atoms with E-state index in [-0.39, 0.29) is 18.8 Å². The van der Waals surface area contributed by atoms with E-state index in [4.69, 9.17) is 4.74 Å². The smallest absolute Gasteiger partial charge is 0.312 e. The normalized spacial score (nSPS) is 10.7. The lowest BCUT2D eigenvalue weighted by Crippen LogP contribution is -2.09. The average Bonchev–Trinajstić information content (AvgIpc) is 2.90. The van der Waals surface area contributed by atoms with Crippen molar-refractivity contribution in [2.75, 3.05) is 0 Å². The van der Waals surface area contributed by atoms with Crippen LogP contribution in [0.1, 0.15) is 11.3 Å². The lowest BCUT2D eigenvalue weighted by atomic mass is 10.2. The Labute approximate surface area is 120 Å². The second-order valence-electron chi connectivity index (χ2n) is 4.65. The van der Waals surface area contributed by atoms with Gasteiger partial charge in [-0.25, -0.2) is 4.39 Å². The van der Waals surface area contributed by atoms with Crippen LogP contribution in [0, 0.1) is 5.82 Å². The maximum absolute atomic E-state index is 13.4. The summed E-state index contributed by atoms with van der Waals surface area (Å²) in [6.45, 7) is -0.0718. The maximum Gasteiger partial charge on any atom is 0.312 e. The molecule has 3 aromatic rings. The Bertz CT molecular complexity index is 783. The average molecular weight is 284 g/mol. The highest BCUT2D eigenvalue weighted by Crippen LogP contribution is 2.16. The molecule has 0 aliphatic heterocycles. The van der Waals surface area contributed by atoms with Crippen molar-refractivity contribution in [1.29, 1.82) is 0 Å². The number of hydrogen-bond donors (Lipinski definition) is 1. The first kappa shape index (κ1) is 13.3. The van der Waals surface area contributed by atoms with Crippen molar-refractivity contribution in [2.24, 2.45) is 0 Å². The van der Waals surface area contributed by atoms with E-state index in [1.54, 1.807) is 18.2 Å². The predicted octanol–water partition coefficient (Wildman–Crippen LogP) is 2.99. The quantitative estimate of drug-likeness (QED) is 0.749. The molecule has 0 spiro atoms. The molecule has 106 valence electrons. The van der Waals surface area contributed by atoms with Gasteiger partial charge in [0.15, 0.2) is 0 Å². The topological polar surface area (TPSA) is 55.0 Å². The van der Waals surface area contributed by atoms with Gasteiger partial charge in [-0.15, -0.1) is 0 Å². The number of nitrogens with zero attached hydrogens (tertiary/aromatic N) is 1. The second kappa shape index (κ2) is 5.75. The SMILES string of the molecule is O=C(Cc1[nH]nc2ccccc12)OCc1ccccc1F. The summed E-state index contributed by atoms with van der Waals surface area (Å²) in [4.78, 5) is 11.8. The zero-order chi connectivity index (χ0) is 14.7. The third-order valence-electron chi connectivity index (χ3n) is 3.21. The van der Waals surface area contributed by atoms with E-state index < -0.39 is 5.97 Å². The largest absolute Gasteiger partial charge is 0.460 e. The van der Waals surface area contributed by atoms with Crippen LogP contribution in [0.3, 0.4) is 0 Å². The molecule has 3 rings (SSSR count). The van der Waals surface area contributed by atoms with E-state index in [1.807, 2.05) is 24.3 Å². The highest BCUT2D eigenvalue weighted by atomic mass is 19.1. The Hall–Kier alpha value is -2.69. The molecule has 0 aliphatic rings. The number of ether oxygens (including phenoxy) is 1. The molecule has 2 aromatic carbocycles. The monoisotopic (exact) mass is 284 g/mol. The van der Waals surface area contributed by atoms with E-state index in [2.05, 4.69) is 10.2 Å². The first-order valence-electron chi connectivity index (χ1n) is 6.55. The zero-order valence-electron chi connectivity index (χ0n) is 11.2. The highest BCUT2D eigenvalue weighted by Gasteiger charge is 2.11. The van der Waals surface area contributed by atoms with Crippen molar-refractivity contribution < 1.29 is 13.9 Å². The molecule has 21 heavy (non-hydrogen) atoms. The fourth-order valence-electron chi connectivity index (χ4n) is 2.12. The van der Waals surface area contributed by atoms with Crippen molar-refractivity contribution in [3.8, 4) is 0 Å². The van der Waals surface area contributed by atoms with Gasteiger partial charge in [0.1, 0.15) is 12.4 Å². The number of carbonyl (C=O) groups excluding carboxylic acids is 1. The van der Waals surface area contributed by atoms with Crippen molar-refractivity contribution in [3.05, 3.63) is 65.6 Å². The molecule has 1 heterocycles. The molecule has 1 N–H and O–H groups in total. The summed E-state index contributed by atoms with van der Waals surface area (Å²) in [6, 6.07) is 13.7. The van der Waals surface area contributed by atoms with Crippen LogP contribution in [-0.2, 0) is 22.6 Å². The Morgan fingerprint density at radius 2 is 1.90 bits per heavy atom. The number of aromatic amines is 1. The minimum absolute atomic E-state index is 0.0718. The number of esters is 1. The van der Waals surface area contributed by atoms with E-state index >= 15 is 0 Å². The van der Waals surface area contributed by atoms with Gasteiger partial charge >= 0.3 is 5.97 Å². The van der Waals surface area contributed by atoms with Gasteiger partial charge in [0.05, 0.1) is 17.6 Å². The van der Waals surface area contributed by atoms with Gasteiger partial charge in [-0.05, 0) is 12.1 Å². The standard InChI is InChI=1S/C16H13FN2O2/c17-13-7-3-1-5-11(13)10-21-16(20)9-15-12-6-2-4-8-14(12)18-19-15/h1-8H,9-10H2,(H,18,19). The van der Waals surface area contributed by atoms with Gasteiger partial charge < -0.3 is 4.74 Å². The summed E-state index contributed by atoms with van der Waals surface area (Å²) < 4.78 is 18.5. The number of carbonyl (C=O) groups is 1. The molecule has 0 radical (unpaired) electrons. The summed E-state index contributed by atoms with van der Waals surface area (Å²) >= 11 is 0. The van der Waals surface area contributed by atoms with Gasteiger partial charge in [-0.2, -0.15) is 5.10 Å². The van der Waals surface area contributed by atoms with Crippen molar-refractivity contribution in [1.82, 2.24) is 10.2 Å². The third kappa shape index (κ3) is 2.91. The molecule has 0 fully saturated rings. The molecule has 0 atom stereocenters. The summed E-state index contributed by atoms with van der Waals surface area (Å²) in [7, 11) is 0. The molecule has 0 saturated carbocycles. The van der Waals surface area contributed by atoms with Gasteiger partial charge in [0.25, 0.3) is 0 Å². The number of fused-ring (bicyclic) bond motifs is 1. The van der Waals surface area contributed by atoms with Crippen LogP contribution in [-0.4, -0.2) is 16.2 Å². The number of para-hydroxylation sites is 1. The number of aromatic nitrogens is 2. The fraction of sp³-hybridized carbons (Fsp3) is 0.125. The van der Waals surface area contributed by atoms with E-state index in [1.165, 1.54) is 6.07 Å². The second-order valence-corrected chi connectivity index (χ2v) is 4.65. The number of H-pyrrole nitrogens is 1. The number of benzene rings is 2. The minimum Gasteiger partial charge on any atom is -0.460 e. The lowest BCUT2D eigenvalue weighted by molar-refractivity contribution is -0.144. The molecule has 0 amide bonds. The molecular weight excluding hydrogens is 271 g/mol. The van der Waals surface area contributed by atoms with E-state index in [0.717, 1.165) is 10.9 Å². The number of hydrogen-bond acceptors (Lipinski definition) is 3. The minimum atomic E-state index is -0.423. The molecule has 0 bridgehead atoms. The summed E-state index contributed by atoms with van der Waals surface area (Å²) in [6.07, 6.45) is 0.0783. The number of rotatable bonds is 4. The number of nitrogens with one attached hydrogen (secondary N) is 1. The fourth-order valence-corrected chi connectivity index (χ4v) is 2.12. The van der Waals surface area contributed by atoms with Crippen LogP contribution in [0.5, 0.6) is 0 Å². The van der Waals surface area contributed by atoms with Crippen LogP contribution in [0.25, 0.3) is 10.9 Å². The first-order chi connectivity index (χ1) is 10.2. The number of halogens is 1. The molecule has 4 nitrogen and oxygen atoms in total.